The number of likely N-dealkylation sites (N-methyl/N-ethyl adjacent to an activating group) is 1. The van der Waals surface area contributed by atoms with Gasteiger partial charge in [-0.15, -0.1) is 0 Å². The normalized spacial score (nSPS) is 39.8. The van der Waals surface area contributed by atoms with E-state index in [1.807, 2.05) is 17.0 Å². The van der Waals surface area contributed by atoms with Gasteiger partial charge in [-0.05, 0) is 24.7 Å². The van der Waals surface area contributed by atoms with E-state index in [1.54, 1.807) is 0 Å². The molecule has 0 unspecified atom stereocenters. The summed E-state index contributed by atoms with van der Waals surface area (Å²) >= 11 is 0. The maximum atomic E-state index is 12.9. The number of hydrogen-bond donors (Lipinski definition) is 1. The van der Waals surface area contributed by atoms with Crippen molar-refractivity contribution in [3.8, 4) is 0 Å². The first kappa shape index (κ1) is 17.7. The molecule has 6 nitrogen and oxygen atoms in total. The van der Waals surface area contributed by atoms with E-state index in [-0.39, 0.29) is 29.6 Å². The van der Waals surface area contributed by atoms with Crippen molar-refractivity contribution in [2.75, 3.05) is 13.6 Å². The fourth-order valence-electron chi connectivity index (χ4n) is 5.09. The molecule has 3 rings (SSSR count). The minimum absolute atomic E-state index is 0.0600. The Balaban J connectivity index is 1.88. The van der Waals surface area contributed by atoms with E-state index in [1.165, 1.54) is 13.3 Å². The van der Waals surface area contributed by atoms with Gasteiger partial charge in [-0.3, -0.25) is 14.4 Å². The van der Waals surface area contributed by atoms with Crippen LogP contribution in [-0.2, 0) is 14.4 Å². The summed E-state index contributed by atoms with van der Waals surface area (Å²) in [5, 5.41) is 4.84. The van der Waals surface area contributed by atoms with E-state index < -0.39 is 0 Å². The SMILES string of the molecule is CC(=O)NC[C@@H]1C[C@H]2C(=O)N(C)[C@@]3(C[C@H](C)CC[C@H]3C(C)C)N2O1. The van der Waals surface area contributed by atoms with Crippen LogP contribution in [0.25, 0.3) is 0 Å². The third kappa shape index (κ3) is 2.64. The summed E-state index contributed by atoms with van der Waals surface area (Å²) in [7, 11) is 1.94. The van der Waals surface area contributed by atoms with Crippen molar-refractivity contribution in [2.45, 2.75) is 71.2 Å². The van der Waals surface area contributed by atoms with E-state index >= 15 is 0 Å². The highest BCUT2D eigenvalue weighted by atomic mass is 16.7. The summed E-state index contributed by atoms with van der Waals surface area (Å²) in [6.07, 6.45) is 3.84. The van der Waals surface area contributed by atoms with Crippen molar-refractivity contribution < 1.29 is 14.4 Å². The molecule has 2 aliphatic heterocycles. The molecule has 3 aliphatic rings. The molecule has 2 heterocycles. The largest absolute Gasteiger partial charge is 0.354 e. The zero-order chi connectivity index (χ0) is 17.6. The van der Waals surface area contributed by atoms with Crippen molar-refractivity contribution in [3.05, 3.63) is 0 Å². The van der Waals surface area contributed by atoms with Crippen LogP contribution in [0, 0.1) is 17.8 Å². The van der Waals surface area contributed by atoms with Crippen molar-refractivity contribution >= 4 is 11.8 Å². The molecule has 0 bridgehead atoms. The highest BCUT2D eigenvalue weighted by Crippen LogP contribution is 2.52. The van der Waals surface area contributed by atoms with Crippen molar-refractivity contribution in [1.29, 1.82) is 0 Å². The van der Waals surface area contributed by atoms with Gasteiger partial charge in [0.2, 0.25) is 11.8 Å². The van der Waals surface area contributed by atoms with Crippen LogP contribution < -0.4 is 5.32 Å². The van der Waals surface area contributed by atoms with Gasteiger partial charge in [0, 0.05) is 32.9 Å². The van der Waals surface area contributed by atoms with Crippen molar-refractivity contribution in [1.82, 2.24) is 15.3 Å². The van der Waals surface area contributed by atoms with E-state index in [0.717, 1.165) is 12.8 Å². The van der Waals surface area contributed by atoms with Gasteiger partial charge in [-0.2, -0.15) is 5.06 Å². The molecule has 0 aromatic carbocycles. The van der Waals surface area contributed by atoms with Crippen LogP contribution in [0.4, 0.5) is 0 Å². The first-order valence-corrected chi connectivity index (χ1v) is 9.25. The highest BCUT2D eigenvalue weighted by molar-refractivity contribution is 5.85. The Labute approximate surface area is 144 Å². The summed E-state index contributed by atoms with van der Waals surface area (Å²) < 4.78 is 0. The molecule has 24 heavy (non-hydrogen) atoms. The standard InChI is InChI=1S/C18H31N3O3/c1-11(2)15-7-6-12(3)9-18(15)20(5)17(23)16-8-14(24-21(16)18)10-19-13(4)22/h11-12,14-16H,6-10H2,1-5H3,(H,19,22)/t12-,14+,15+,16+,18+/m1/s1. The average molecular weight is 337 g/mol. The topological polar surface area (TPSA) is 61.9 Å². The van der Waals surface area contributed by atoms with Gasteiger partial charge in [-0.1, -0.05) is 27.2 Å². The van der Waals surface area contributed by atoms with Crippen LogP contribution in [0.3, 0.4) is 0 Å². The molecule has 2 amide bonds. The lowest BCUT2D eigenvalue weighted by Gasteiger charge is -2.52. The molecule has 6 heteroatoms. The second-order valence-electron chi connectivity index (χ2n) is 8.25. The number of hydroxylamine groups is 2. The number of fused-ring (bicyclic) bond motifs is 2. The van der Waals surface area contributed by atoms with Crippen LogP contribution in [0.1, 0.15) is 53.4 Å². The maximum Gasteiger partial charge on any atom is 0.243 e. The molecule has 5 atom stereocenters. The van der Waals surface area contributed by atoms with Crippen LogP contribution in [-0.4, -0.2) is 53.2 Å². The van der Waals surface area contributed by atoms with Crippen LogP contribution in [0.15, 0.2) is 0 Å². The number of carbonyl (C=O) groups excluding carboxylic acids is 2. The average Bonchev–Trinajstić information content (AvgIpc) is 3.01. The molecule has 0 aromatic heterocycles. The van der Waals surface area contributed by atoms with E-state index in [0.29, 0.717) is 30.7 Å². The zero-order valence-electron chi connectivity index (χ0n) is 15.5. The molecule has 2 saturated heterocycles. The van der Waals surface area contributed by atoms with E-state index in [9.17, 15) is 9.59 Å². The third-order valence-corrected chi connectivity index (χ3v) is 6.21. The first-order valence-electron chi connectivity index (χ1n) is 9.25. The van der Waals surface area contributed by atoms with Gasteiger partial charge in [0.15, 0.2) is 0 Å². The van der Waals surface area contributed by atoms with Gasteiger partial charge in [0.1, 0.15) is 11.7 Å². The fraction of sp³-hybridized carbons (Fsp3) is 0.889. The fourth-order valence-corrected chi connectivity index (χ4v) is 5.09. The molecule has 1 N–H and O–H groups in total. The lowest BCUT2D eigenvalue weighted by molar-refractivity contribution is -0.263. The molecule has 1 saturated carbocycles. The number of hydrogen-bond acceptors (Lipinski definition) is 4. The molecule has 1 aliphatic carbocycles. The van der Waals surface area contributed by atoms with Crippen molar-refractivity contribution in [3.63, 3.8) is 0 Å². The Bertz CT molecular complexity index is 524. The zero-order valence-corrected chi connectivity index (χ0v) is 15.5. The molecular formula is C18H31N3O3. The Morgan fingerprint density at radius 1 is 1.42 bits per heavy atom. The Kier molecular flexibility index (Phi) is 4.64. The molecule has 0 aromatic rings. The Morgan fingerprint density at radius 2 is 2.12 bits per heavy atom. The smallest absolute Gasteiger partial charge is 0.243 e. The van der Waals surface area contributed by atoms with Gasteiger partial charge < -0.3 is 10.2 Å². The molecule has 3 fully saturated rings. The Hall–Kier alpha value is -1.14. The lowest BCUT2D eigenvalue weighted by Crippen LogP contribution is -2.61. The lowest BCUT2D eigenvalue weighted by atomic mass is 9.69. The van der Waals surface area contributed by atoms with Gasteiger partial charge in [0.25, 0.3) is 0 Å². The van der Waals surface area contributed by atoms with E-state index in [4.69, 9.17) is 4.84 Å². The number of nitrogens with one attached hydrogen (secondary N) is 1. The molecular weight excluding hydrogens is 306 g/mol. The monoisotopic (exact) mass is 337 g/mol. The van der Waals surface area contributed by atoms with E-state index in [2.05, 4.69) is 26.1 Å². The summed E-state index contributed by atoms with van der Waals surface area (Å²) in [6, 6.07) is -0.208. The molecule has 1 spiro atoms. The second-order valence-corrected chi connectivity index (χ2v) is 8.25. The summed E-state index contributed by atoms with van der Waals surface area (Å²) in [5.74, 6) is 1.58. The molecule has 136 valence electrons. The first-order chi connectivity index (χ1) is 11.3. The quantitative estimate of drug-likeness (QED) is 0.852. The third-order valence-electron chi connectivity index (χ3n) is 6.21. The summed E-state index contributed by atoms with van der Waals surface area (Å²) in [6.45, 7) is 8.75. The molecule has 0 radical (unpaired) electrons. The van der Waals surface area contributed by atoms with Crippen LogP contribution in [0.2, 0.25) is 0 Å². The number of rotatable bonds is 3. The summed E-state index contributed by atoms with van der Waals surface area (Å²) in [4.78, 5) is 32.3. The maximum absolute atomic E-state index is 12.9. The Morgan fingerprint density at radius 3 is 2.75 bits per heavy atom. The number of nitrogens with zero attached hydrogens (tertiary/aromatic N) is 2. The minimum Gasteiger partial charge on any atom is -0.354 e. The van der Waals surface area contributed by atoms with Crippen LogP contribution >= 0.6 is 0 Å². The van der Waals surface area contributed by atoms with Gasteiger partial charge >= 0.3 is 0 Å². The second kappa shape index (κ2) is 6.30. The predicted molar refractivity (Wildman–Crippen MR) is 90.6 cm³/mol. The predicted octanol–water partition coefficient (Wildman–Crippen LogP) is 1.76. The number of amides is 2. The summed E-state index contributed by atoms with van der Waals surface area (Å²) in [5.41, 5.74) is -0.335. The highest BCUT2D eigenvalue weighted by Gasteiger charge is 2.64. The van der Waals surface area contributed by atoms with Gasteiger partial charge in [0.05, 0.1) is 6.10 Å². The number of carbonyl (C=O) groups is 2. The van der Waals surface area contributed by atoms with Crippen LogP contribution in [0.5, 0.6) is 0 Å². The van der Waals surface area contributed by atoms with Gasteiger partial charge in [-0.25, -0.2) is 0 Å². The van der Waals surface area contributed by atoms with Crippen molar-refractivity contribution in [2.24, 2.45) is 17.8 Å². The minimum atomic E-state index is -0.335.